The molecular weight excluding hydrogens is 269 g/mol. The number of anilines is 1. The van der Waals surface area contributed by atoms with Gasteiger partial charge in [0, 0.05) is 37.5 Å². The zero-order valence-electron chi connectivity index (χ0n) is 13.4. The summed E-state index contributed by atoms with van der Waals surface area (Å²) in [5.41, 5.74) is 0.436. The number of nitrogens with one attached hydrogen (secondary N) is 2. The number of hydrogen-bond acceptors (Lipinski definition) is 4. The van der Waals surface area contributed by atoms with Crippen molar-refractivity contribution < 1.29 is 9.13 Å². The molecule has 1 aromatic rings. The maximum atomic E-state index is 14.4. The van der Waals surface area contributed by atoms with Crippen molar-refractivity contribution in [2.24, 2.45) is 0 Å². The van der Waals surface area contributed by atoms with Crippen LogP contribution in [0.2, 0.25) is 0 Å². The summed E-state index contributed by atoms with van der Waals surface area (Å²) in [5.74, 6) is 0.0337. The molecule has 1 aliphatic rings. The molecule has 0 atom stereocenters. The second-order valence-electron chi connectivity index (χ2n) is 6.83. The molecule has 0 bridgehead atoms. The van der Waals surface area contributed by atoms with Gasteiger partial charge < -0.3 is 15.4 Å². The quantitative estimate of drug-likeness (QED) is 0.846. The van der Waals surface area contributed by atoms with Crippen molar-refractivity contribution in [3.8, 4) is 0 Å². The van der Waals surface area contributed by atoms with Crippen molar-refractivity contribution in [3.63, 3.8) is 0 Å². The number of aromatic nitrogens is 1. The van der Waals surface area contributed by atoms with E-state index >= 15 is 0 Å². The van der Waals surface area contributed by atoms with Gasteiger partial charge in [-0.2, -0.15) is 0 Å². The molecule has 0 aromatic carbocycles. The topological polar surface area (TPSA) is 46.2 Å². The predicted octanol–water partition coefficient (Wildman–Crippen LogP) is 3.09. The van der Waals surface area contributed by atoms with Crippen LogP contribution >= 0.6 is 0 Å². The first kappa shape index (κ1) is 16.2. The van der Waals surface area contributed by atoms with Gasteiger partial charge in [-0.25, -0.2) is 9.37 Å². The van der Waals surface area contributed by atoms with E-state index in [0.29, 0.717) is 24.5 Å². The number of rotatable bonds is 6. The largest absolute Gasteiger partial charge is 0.376 e. The van der Waals surface area contributed by atoms with Crippen molar-refractivity contribution in [1.82, 2.24) is 10.3 Å². The lowest BCUT2D eigenvalue weighted by Crippen LogP contribution is -2.45. The van der Waals surface area contributed by atoms with Gasteiger partial charge in [-0.1, -0.05) is 0 Å². The zero-order valence-corrected chi connectivity index (χ0v) is 13.4. The van der Waals surface area contributed by atoms with Crippen LogP contribution in [-0.4, -0.2) is 29.8 Å². The van der Waals surface area contributed by atoms with E-state index < -0.39 is 0 Å². The van der Waals surface area contributed by atoms with Crippen LogP contribution < -0.4 is 10.6 Å². The van der Waals surface area contributed by atoms with Gasteiger partial charge in [-0.3, -0.25) is 0 Å². The van der Waals surface area contributed by atoms with Gasteiger partial charge in [0.25, 0.3) is 0 Å². The van der Waals surface area contributed by atoms with E-state index in [1.165, 1.54) is 6.42 Å². The van der Waals surface area contributed by atoms with Gasteiger partial charge in [0.2, 0.25) is 0 Å². The molecule has 5 heteroatoms. The molecule has 0 radical (unpaired) electrons. The van der Waals surface area contributed by atoms with E-state index in [2.05, 4.69) is 36.4 Å². The van der Waals surface area contributed by atoms with Crippen LogP contribution in [-0.2, 0) is 11.3 Å². The van der Waals surface area contributed by atoms with Gasteiger partial charge in [0.15, 0.2) is 11.6 Å². The highest BCUT2D eigenvalue weighted by molar-refractivity contribution is 5.40. The third kappa shape index (κ3) is 4.14. The highest BCUT2D eigenvalue weighted by atomic mass is 19.1. The predicted molar refractivity (Wildman–Crippen MR) is 82.9 cm³/mol. The van der Waals surface area contributed by atoms with Gasteiger partial charge in [0.05, 0.1) is 5.60 Å². The van der Waals surface area contributed by atoms with Crippen molar-refractivity contribution >= 4 is 5.82 Å². The first-order valence-corrected chi connectivity index (χ1v) is 7.53. The monoisotopic (exact) mass is 295 g/mol. The summed E-state index contributed by atoms with van der Waals surface area (Å²) in [5, 5.41) is 6.40. The number of hydrogen-bond donors (Lipinski definition) is 2. The fraction of sp³-hybridized carbons (Fsp3) is 0.688. The lowest BCUT2D eigenvalue weighted by atomic mass is 9.80. The van der Waals surface area contributed by atoms with Gasteiger partial charge >= 0.3 is 0 Å². The molecule has 1 saturated carbocycles. The van der Waals surface area contributed by atoms with Crippen molar-refractivity contribution in [2.45, 2.75) is 57.7 Å². The molecule has 0 amide bonds. The average molecular weight is 295 g/mol. The number of ether oxygens (including phenoxy) is 1. The third-order valence-electron chi connectivity index (χ3n) is 4.05. The summed E-state index contributed by atoms with van der Waals surface area (Å²) in [6.07, 6.45) is 4.85. The van der Waals surface area contributed by atoms with E-state index in [-0.39, 0.29) is 17.0 Å². The van der Waals surface area contributed by atoms with Crippen molar-refractivity contribution in [1.29, 1.82) is 0 Å². The molecule has 0 saturated heterocycles. The fourth-order valence-corrected chi connectivity index (χ4v) is 2.37. The van der Waals surface area contributed by atoms with Crippen LogP contribution in [0.15, 0.2) is 12.3 Å². The molecule has 1 aromatic heterocycles. The van der Waals surface area contributed by atoms with Gasteiger partial charge in [0.1, 0.15) is 0 Å². The molecule has 4 nitrogen and oxygen atoms in total. The van der Waals surface area contributed by atoms with Crippen LogP contribution in [0.3, 0.4) is 0 Å². The maximum absolute atomic E-state index is 14.4. The van der Waals surface area contributed by atoms with Crippen LogP contribution in [0.25, 0.3) is 0 Å². The molecule has 2 rings (SSSR count). The molecule has 1 heterocycles. The summed E-state index contributed by atoms with van der Waals surface area (Å²) in [7, 11) is 1.72. The molecule has 21 heavy (non-hydrogen) atoms. The van der Waals surface area contributed by atoms with Crippen LogP contribution in [0.4, 0.5) is 10.2 Å². The van der Waals surface area contributed by atoms with E-state index in [1.54, 1.807) is 19.4 Å². The molecule has 0 aliphatic heterocycles. The number of methoxy groups -OCH3 is 1. The lowest BCUT2D eigenvalue weighted by molar-refractivity contribution is -0.0602. The molecule has 0 spiro atoms. The second kappa shape index (κ2) is 6.28. The molecule has 1 aliphatic carbocycles. The Hall–Kier alpha value is -1.20. The first-order chi connectivity index (χ1) is 9.85. The maximum Gasteiger partial charge on any atom is 0.169 e. The number of halogens is 1. The smallest absolute Gasteiger partial charge is 0.169 e. The van der Waals surface area contributed by atoms with Gasteiger partial charge in [-0.05, 0) is 46.1 Å². The van der Waals surface area contributed by atoms with E-state index in [9.17, 15) is 4.39 Å². The minimum Gasteiger partial charge on any atom is -0.376 e. The molecule has 0 unspecified atom stereocenters. The highest BCUT2D eigenvalue weighted by Gasteiger charge is 2.37. The Morgan fingerprint density at radius 2 is 2.10 bits per heavy atom. The van der Waals surface area contributed by atoms with Crippen molar-refractivity contribution in [2.75, 3.05) is 19.0 Å². The minimum absolute atomic E-state index is 0.0463. The Labute approximate surface area is 126 Å². The Morgan fingerprint density at radius 3 is 2.62 bits per heavy atom. The number of nitrogens with zero attached hydrogens (tertiary/aromatic N) is 1. The zero-order chi connectivity index (χ0) is 15.5. The Kier molecular flexibility index (Phi) is 4.84. The van der Waals surface area contributed by atoms with E-state index in [0.717, 1.165) is 12.8 Å². The Morgan fingerprint density at radius 1 is 1.38 bits per heavy atom. The SMILES string of the molecule is COC1(CNc2nccc(CNC(C)(C)C)c2F)CCC1. The molecular formula is C16H26FN3O. The minimum atomic E-state index is -0.278. The Balaban J connectivity index is 2.00. The number of pyridine rings is 1. The molecule has 118 valence electrons. The van der Waals surface area contributed by atoms with E-state index in [4.69, 9.17) is 4.74 Å². The normalized spacial score (nSPS) is 17.4. The Bertz CT molecular complexity index is 475. The summed E-state index contributed by atoms with van der Waals surface area (Å²) in [6, 6.07) is 1.72. The molecule has 1 fully saturated rings. The fourth-order valence-electron chi connectivity index (χ4n) is 2.37. The van der Waals surface area contributed by atoms with E-state index in [1.807, 2.05) is 0 Å². The average Bonchev–Trinajstić information content (AvgIpc) is 2.37. The van der Waals surface area contributed by atoms with Crippen molar-refractivity contribution in [3.05, 3.63) is 23.6 Å². The van der Waals surface area contributed by atoms with Crippen LogP contribution in [0.5, 0.6) is 0 Å². The summed E-state index contributed by atoms with van der Waals surface area (Å²) in [4.78, 5) is 4.11. The third-order valence-corrected chi connectivity index (χ3v) is 4.05. The standard InChI is InChI=1S/C16H26FN3O/c1-15(2,3)20-10-12-6-9-18-14(13(12)17)19-11-16(21-4)7-5-8-16/h6,9,20H,5,7-8,10-11H2,1-4H3,(H,18,19). The first-order valence-electron chi connectivity index (χ1n) is 7.53. The van der Waals surface area contributed by atoms with Crippen LogP contribution in [0, 0.1) is 5.82 Å². The van der Waals surface area contributed by atoms with Gasteiger partial charge in [-0.15, -0.1) is 0 Å². The lowest BCUT2D eigenvalue weighted by Gasteiger charge is -2.40. The highest BCUT2D eigenvalue weighted by Crippen LogP contribution is 2.35. The summed E-state index contributed by atoms with van der Waals surface area (Å²) >= 11 is 0. The molecule has 2 N–H and O–H groups in total. The summed E-state index contributed by atoms with van der Waals surface area (Å²) in [6.45, 7) is 7.27. The van der Waals surface area contributed by atoms with Crippen LogP contribution in [0.1, 0.15) is 45.6 Å². The second-order valence-corrected chi connectivity index (χ2v) is 6.83. The summed E-state index contributed by atoms with van der Waals surface area (Å²) < 4.78 is 20.0.